The SMILES string of the molecule is CC/C=C/C/C=C/C/C=C/CCCCCCCCC(=O)OC(CCCCCCCCCCCCCC)CC(=O)NC(CO)C(O)CCCCCCCCCCCCC. The number of hydrogen-bond acceptors (Lipinski definition) is 5. The Morgan fingerprint density at radius 2 is 0.931 bits per heavy atom. The molecule has 0 spiro atoms. The Morgan fingerprint density at radius 1 is 0.517 bits per heavy atom. The molecule has 340 valence electrons. The minimum atomic E-state index is -0.785. The lowest BCUT2D eigenvalue weighted by Crippen LogP contribution is -2.46. The van der Waals surface area contributed by atoms with Gasteiger partial charge >= 0.3 is 5.97 Å². The van der Waals surface area contributed by atoms with Crippen molar-refractivity contribution in [2.24, 2.45) is 0 Å². The number of aliphatic hydroxyl groups excluding tert-OH is 2. The zero-order valence-corrected chi connectivity index (χ0v) is 38.7. The summed E-state index contributed by atoms with van der Waals surface area (Å²) in [5.41, 5.74) is 0. The molecule has 1 amide bonds. The maximum absolute atomic E-state index is 13.2. The Labute approximate surface area is 360 Å². The van der Waals surface area contributed by atoms with Gasteiger partial charge in [-0.2, -0.15) is 0 Å². The van der Waals surface area contributed by atoms with Crippen LogP contribution in [0.2, 0.25) is 0 Å². The number of amides is 1. The van der Waals surface area contributed by atoms with Gasteiger partial charge in [0.1, 0.15) is 6.10 Å². The first-order chi connectivity index (χ1) is 28.5. The van der Waals surface area contributed by atoms with Crippen molar-refractivity contribution in [1.29, 1.82) is 0 Å². The van der Waals surface area contributed by atoms with E-state index in [9.17, 15) is 19.8 Å². The maximum atomic E-state index is 13.2. The number of ether oxygens (including phenoxy) is 1. The fraction of sp³-hybridized carbons (Fsp3) is 0.846. The first-order valence-corrected chi connectivity index (χ1v) is 25.2. The number of esters is 1. The third-order valence-electron chi connectivity index (χ3n) is 11.5. The van der Waals surface area contributed by atoms with Crippen LogP contribution in [0.25, 0.3) is 0 Å². The van der Waals surface area contributed by atoms with E-state index in [1.807, 2.05) is 0 Å². The largest absolute Gasteiger partial charge is 0.462 e. The molecule has 0 fully saturated rings. The number of hydrogen-bond donors (Lipinski definition) is 3. The molecule has 6 heteroatoms. The molecule has 0 bridgehead atoms. The van der Waals surface area contributed by atoms with E-state index in [2.05, 4.69) is 62.5 Å². The number of carbonyl (C=O) groups excluding carboxylic acids is 2. The molecule has 0 radical (unpaired) electrons. The minimum absolute atomic E-state index is 0.0759. The van der Waals surface area contributed by atoms with Gasteiger partial charge < -0.3 is 20.3 Å². The highest BCUT2D eigenvalue weighted by atomic mass is 16.5. The Balaban J connectivity index is 4.56. The molecule has 0 aliphatic rings. The third-order valence-corrected chi connectivity index (χ3v) is 11.5. The predicted octanol–water partition coefficient (Wildman–Crippen LogP) is 14.9. The molecule has 0 aromatic rings. The summed E-state index contributed by atoms with van der Waals surface area (Å²) in [6.07, 6.45) is 53.4. The number of nitrogens with one attached hydrogen (secondary N) is 1. The van der Waals surface area contributed by atoms with Gasteiger partial charge in [0.2, 0.25) is 5.91 Å². The summed E-state index contributed by atoms with van der Waals surface area (Å²) in [5.74, 6) is -0.479. The number of unbranched alkanes of at least 4 members (excludes halogenated alkanes) is 27. The van der Waals surface area contributed by atoms with Crippen molar-refractivity contribution in [3.63, 3.8) is 0 Å². The van der Waals surface area contributed by atoms with Crippen molar-refractivity contribution in [2.75, 3.05) is 6.61 Å². The van der Waals surface area contributed by atoms with Gasteiger partial charge in [-0.3, -0.25) is 9.59 Å². The second-order valence-corrected chi connectivity index (χ2v) is 17.2. The van der Waals surface area contributed by atoms with Crippen molar-refractivity contribution >= 4 is 11.9 Å². The van der Waals surface area contributed by atoms with Crippen LogP contribution in [0.15, 0.2) is 36.5 Å². The standard InChI is InChI=1S/C52H97NO5/c1-4-7-10-13-16-19-22-24-25-26-27-30-33-36-39-42-45-52(57)58-48(43-40-37-34-31-29-23-20-17-14-11-8-5-2)46-51(56)53-49(47-54)50(55)44-41-38-35-32-28-21-18-15-12-9-6-3/h7,10,16,19,24-25,48-50,54-55H,4-6,8-9,11-15,17-18,20-23,26-47H2,1-3H3,(H,53,56)/b10-7+,19-16+,25-24+. The molecule has 0 rings (SSSR count). The number of allylic oxidation sites excluding steroid dienone is 6. The van der Waals surface area contributed by atoms with Crippen molar-refractivity contribution in [2.45, 2.75) is 277 Å². The highest BCUT2D eigenvalue weighted by Gasteiger charge is 2.24. The molecule has 0 aromatic heterocycles. The van der Waals surface area contributed by atoms with E-state index in [0.29, 0.717) is 19.3 Å². The van der Waals surface area contributed by atoms with Gasteiger partial charge in [-0.15, -0.1) is 0 Å². The molecule has 0 heterocycles. The summed E-state index contributed by atoms with van der Waals surface area (Å²) < 4.78 is 5.92. The van der Waals surface area contributed by atoms with E-state index in [1.54, 1.807) is 0 Å². The molecule has 0 aromatic carbocycles. The second-order valence-electron chi connectivity index (χ2n) is 17.2. The lowest BCUT2D eigenvalue weighted by atomic mass is 10.0. The summed E-state index contributed by atoms with van der Waals surface area (Å²) in [5, 5.41) is 23.7. The van der Waals surface area contributed by atoms with Gasteiger partial charge in [0.25, 0.3) is 0 Å². The number of carbonyl (C=O) groups is 2. The Hall–Kier alpha value is -1.92. The summed E-state index contributed by atoms with van der Waals surface area (Å²) in [6, 6.07) is -0.699. The van der Waals surface area contributed by atoms with Gasteiger partial charge in [0.15, 0.2) is 0 Å². The highest BCUT2D eigenvalue weighted by Crippen LogP contribution is 2.18. The Kier molecular flexibility index (Phi) is 44.6. The maximum Gasteiger partial charge on any atom is 0.306 e. The highest BCUT2D eigenvalue weighted by molar-refractivity contribution is 5.77. The smallest absolute Gasteiger partial charge is 0.306 e. The minimum Gasteiger partial charge on any atom is -0.462 e. The van der Waals surface area contributed by atoms with Gasteiger partial charge in [-0.1, -0.05) is 224 Å². The van der Waals surface area contributed by atoms with Crippen molar-refractivity contribution in [1.82, 2.24) is 5.32 Å². The molecule has 3 N–H and O–H groups in total. The van der Waals surface area contributed by atoms with E-state index in [-0.39, 0.29) is 24.9 Å². The van der Waals surface area contributed by atoms with Crippen LogP contribution >= 0.6 is 0 Å². The van der Waals surface area contributed by atoms with Crippen LogP contribution in [-0.4, -0.2) is 46.9 Å². The summed E-state index contributed by atoms with van der Waals surface area (Å²) in [7, 11) is 0. The molecular formula is C52H97NO5. The van der Waals surface area contributed by atoms with Crippen LogP contribution in [0.3, 0.4) is 0 Å². The zero-order chi connectivity index (χ0) is 42.4. The topological polar surface area (TPSA) is 95.9 Å². The van der Waals surface area contributed by atoms with Crippen LogP contribution in [0.4, 0.5) is 0 Å². The predicted molar refractivity (Wildman–Crippen MR) is 250 cm³/mol. The lowest BCUT2D eigenvalue weighted by molar-refractivity contribution is -0.151. The van der Waals surface area contributed by atoms with Crippen molar-refractivity contribution < 1.29 is 24.5 Å². The summed E-state index contributed by atoms with van der Waals surface area (Å²) >= 11 is 0. The summed E-state index contributed by atoms with van der Waals surface area (Å²) in [4.78, 5) is 26.1. The number of rotatable bonds is 45. The van der Waals surface area contributed by atoms with Crippen LogP contribution in [-0.2, 0) is 14.3 Å². The fourth-order valence-corrected chi connectivity index (χ4v) is 7.68. The molecule has 0 saturated carbocycles. The normalized spacial score (nSPS) is 13.5. The van der Waals surface area contributed by atoms with E-state index in [4.69, 9.17) is 4.74 Å². The van der Waals surface area contributed by atoms with Crippen molar-refractivity contribution in [3.05, 3.63) is 36.5 Å². The average molecular weight is 816 g/mol. The van der Waals surface area contributed by atoms with Crippen molar-refractivity contribution in [3.8, 4) is 0 Å². The monoisotopic (exact) mass is 816 g/mol. The molecular weight excluding hydrogens is 719 g/mol. The second kappa shape index (κ2) is 46.2. The zero-order valence-electron chi connectivity index (χ0n) is 38.7. The van der Waals surface area contributed by atoms with Crippen LogP contribution < -0.4 is 5.32 Å². The molecule has 0 aliphatic carbocycles. The van der Waals surface area contributed by atoms with E-state index < -0.39 is 18.2 Å². The molecule has 0 aliphatic heterocycles. The van der Waals surface area contributed by atoms with Crippen LogP contribution in [0.1, 0.15) is 258 Å². The molecule has 6 nitrogen and oxygen atoms in total. The van der Waals surface area contributed by atoms with Gasteiger partial charge in [-0.25, -0.2) is 0 Å². The lowest BCUT2D eigenvalue weighted by Gasteiger charge is -2.24. The average Bonchev–Trinajstić information content (AvgIpc) is 3.22. The molecule has 3 atom stereocenters. The van der Waals surface area contributed by atoms with Crippen LogP contribution in [0, 0.1) is 0 Å². The quantitative estimate of drug-likeness (QED) is 0.0323. The molecule has 0 saturated heterocycles. The van der Waals surface area contributed by atoms with Crippen LogP contribution in [0.5, 0.6) is 0 Å². The first-order valence-electron chi connectivity index (χ1n) is 25.2. The van der Waals surface area contributed by atoms with E-state index in [0.717, 1.165) is 77.0 Å². The third kappa shape index (κ3) is 40.8. The Bertz CT molecular complexity index is 961. The summed E-state index contributed by atoms with van der Waals surface area (Å²) in [6.45, 7) is 6.37. The fourth-order valence-electron chi connectivity index (χ4n) is 7.68. The van der Waals surface area contributed by atoms with Gasteiger partial charge in [-0.05, 0) is 57.8 Å². The molecule has 3 unspecified atom stereocenters. The number of aliphatic hydroxyl groups is 2. The molecule has 58 heavy (non-hydrogen) atoms. The van der Waals surface area contributed by atoms with Gasteiger partial charge in [0, 0.05) is 6.42 Å². The van der Waals surface area contributed by atoms with Gasteiger partial charge in [0.05, 0.1) is 25.2 Å². The van der Waals surface area contributed by atoms with E-state index >= 15 is 0 Å². The van der Waals surface area contributed by atoms with E-state index in [1.165, 1.54) is 135 Å². The Morgan fingerprint density at radius 3 is 1.41 bits per heavy atom. The first kappa shape index (κ1) is 56.1.